The van der Waals surface area contributed by atoms with Crippen molar-refractivity contribution in [3.63, 3.8) is 0 Å². The van der Waals surface area contributed by atoms with E-state index in [0.717, 1.165) is 0 Å². The third-order valence-corrected chi connectivity index (χ3v) is 3.17. The summed E-state index contributed by atoms with van der Waals surface area (Å²) >= 11 is 0. The first-order valence-electron chi connectivity index (χ1n) is 4.48. The second-order valence-electron chi connectivity index (χ2n) is 2.81. The van der Waals surface area contributed by atoms with Gasteiger partial charge < -0.3 is 4.74 Å². The molecule has 0 aromatic heterocycles. The van der Waals surface area contributed by atoms with Crippen LogP contribution in [0.5, 0.6) is 0 Å². The second-order valence-corrected chi connectivity index (χ2v) is 5.04. The Kier molecular flexibility index (Phi) is 6.19. The zero-order valence-corrected chi connectivity index (χ0v) is 9.18. The van der Waals surface area contributed by atoms with Gasteiger partial charge in [-0.25, -0.2) is 8.42 Å². The molecule has 0 heterocycles. The lowest BCUT2D eigenvalue weighted by Crippen LogP contribution is -2.12. The molecule has 0 unspecified atom stereocenters. The first kappa shape index (κ1) is 13.2. The van der Waals surface area contributed by atoms with Crippen LogP contribution < -0.4 is 0 Å². The van der Waals surface area contributed by atoms with Gasteiger partial charge in [0.1, 0.15) is 0 Å². The van der Waals surface area contributed by atoms with Crippen molar-refractivity contribution in [2.45, 2.75) is 19.8 Å². The van der Waals surface area contributed by atoms with E-state index in [-0.39, 0.29) is 23.9 Å². The molecule has 0 atom stereocenters. The van der Waals surface area contributed by atoms with Crippen LogP contribution in [-0.4, -0.2) is 32.5 Å². The minimum absolute atomic E-state index is 0.0117. The van der Waals surface area contributed by atoms with E-state index in [1.165, 1.54) is 6.08 Å². The normalized spacial score (nSPS) is 10.9. The van der Waals surface area contributed by atoms with Crippen LogP contribution >= 0.6 is 0 Å². The highest BCUT2D eigenvalue weighted by atomic mass is 32.2. The van der Waals surface area contributed by atoms with Gasteiger partial charge in [0.05, 0.1) is 18.1 Å². The van der Waals surface area contributed by atoms with Gasteiger partial charge in [-0.3, -0.25) is 4.79 Å². The van der Waals surface area contributed by atoms with Crippen molar-refractivity contribution in [2.75, 3.05) is 18.1 Å². The molecule has 0 saturated heterocycles. The number of hydrogen-bond donors (Lipinski definition) is 0. The Labute approximate surface area is 84.9 Å². The van der Waals surface area contributed by atoms with Crippen molar-refractivity contribution >= 4 is 15.8 Å². The van der Waals surface area contributed by atoms with Crippen molar-refractivity contribution in [1.29, 1.82) is 0 Å². The second kappa shape index (κ2) is 6.59. The van der Waals surface area contributed by atoms with Gasteiger partial charge in [0.25, 0.3) is 0 Å². The van der Waals surface area contributed by atoms with Crippen LogP contribution in [0, 0.1) is 0 Å². The predicted octanol–water partition coefficient (Wildman–Crippen LogP) is 0.930. The van der Waals surface area contributed by atoms with E-state index in [1.54, 1.807) is 6.92 Å². The molecule has 0 N–H and O–H groups in total. The lowest BCUT2D eigenvalue weighted by Gasteiger charge is -2.01. The van der Waals surface area contributed by atoms with Gasteiger partial charge in [-0.05, 0) is 13.3 Å². The van der Waals surface area contributed by atoms with Gasteiger partial charge in [0.2, 0.25) is 0 Å². The Morgan fingerprint density at radius 3 is 2.64 bits per heavy atom. The topological polar surface area (TPSA) is 60.4 Å². The number of carbonyl (C=O) groups excluding carboxylic acids is 1. The lowest BCUT2D eigenvalue weighted by molar-refractivity contribution is -0.143. The summed E-state index contributed by atoms with van der Waals surface area (Å²) < 4.78 is 27.0. The molecule has 0 fully saturated rings. The number of sulfone groups is 1. The average molecular weight is 220 g/mol. The molecule has 0 spiro atoms. The standard InChI is InChI=1S/C9H16O4S/c1-3-7-14(11,12)8-5-6-9(10)13-4-2/h3H,1,4-8H2,2H3. The zero-order chi connectivity index (χ0) is 11.0. The van der Waals surface area contributed by atoms with Crippen molar-refractivity contribution in [2.24, 2.45) is 0 Å². The van der Waals surface area contributed by atoms with E-state index in [2.05, 4.69) is 11.3 Å². The van der Waals surface area contributed by atoms with E-state index in [4.69, 9.17) is 0 Å². The van der Waals surface area contributed by atoms with Crippen molar-refractivity contribution in [3.05, 3.63) is 12.7 Å². The Bertz CT molecular complexity index is 279. The maximum Gasteiger partial charge on any atom is 0.305 e. The van der Waals surface area contributed by atoms with Crippen LogP contribution in [0.2, 0.25) is 0 Å². The highest BCUT2D eigenvalue weighted by Gasteiger charge is 2.09. The fourth-order valence-corrected chi connectivity index (χ4v) is 2.04. The molecule has 0 amide bonds. The highest BCUT2D eigenvalue weighted by molar-refractivity contribution is 7.91. The van der Waals surface area contributed by atoms with Gasteiger partial charge in [-0.15, -0.1) is 6.58 Å². The van der Waals surface area contributed by atoms with Crippen molar-refractivity contribution in [1.82, 2.24) is 0 Å². The summed E-state index contributed by atoms with van der Waals surface area (Å²) in [6, 6.07) is 0. The largest absolute Gasteiger partial charge is 0.466 e. The molecule has 0 aromatic rings. The Balaban J connectivity index is 3.73. The first-order chi connectivity index (χ1) is 6.52. The minimum atomic E-state index is -3.07. The molecule has 0 aliphatic rings. The van der Waals surface area contributed by atoms with Crippen LogP contribution in [0.25, 0.3) is 0 Å². The van der Waals surface area contributed by atoms with E-state index in [9.17, 15) is 13.2 Å². The molecule has 0 aliphatic carbocycles. The molecular formula is C9H16O4S. The summed E-state index contributed by atoms with van der Waals surface area (Å²) in [5, 5.41) is 0. The maximum atomic E-state index is 11.1. The van der Waals surface area contributed by atoms with Gasteiger partial charge in [0, 0.05) is 6.42 Å². The highest BCUT2D eigenvalue weighted by Crippen LogP contribution is 1.99. The van der Waals surface area contributed by atoms with Crippen LogP contribution in [0.4, 0.5) is 0 Å². The Morgan fingerprint density at radius 2 is 2.14 bits per heavy atom. The molecule has 0 aromatic carbocycles. The van der Waals surface area contributed by atoms with Crippen molar-refractivity contribution < 1.29 is 17.9 Å². The molecule has 0 radical (unpaired) electrons. The Hall–Kier alpha value is -0.840. The molecule has 82 valence electrons. The van der Waals surface area contributed by atoms with Crippen LogP contribution in [0.1, 0.15) is 19.8 Å². The van der Waals surface area contributed by atoms with Gasteiger partial charge in [-0.2, -0.15) is 0 Å². The van der Waals surface area contributed by atoms with Crippen LogP contribution in [-0.2, 0) is 19.4 Å². The number of hydrogen-bond acceptors (Lipinski definition) is 4. The quantitative estimate of drug-likeness (QED) is 0.473. The molecular weight excluding hydrogens is 204 g/mol. The molecule has 0 saturated carbocycles. The lowest BCUT2D eigenvalue weighted by atomic mass is 10.3. The number of esters is 1. The molecule has 4 nitrogen and oxygen atoms in total. The monoisotopic (exact) mass is 220 g/mol. The first-order valence-corrected chi connectivity index (χ1v) is 6.31. The smallest absolute Gasteiger partial charge is 0.305 e. The van der Waals surface area contributed by atoms with Crippen LogP contribution in [0.3, 0.4) is 0 Å². The molecule has 5 heteroatoms. The summed E-state index contributed by atoms with van der Waals surface area (Å²) in [6.07, 6.45) is 1.82. The SMILES string of the molecule is C=CCS(=O)(=O)CCCC(=O)OCC. The van der Waals surface area contributed by atoms with Crippen LogP contribution in [0.15, 0.2) is 12.7 Å². The van der Waals surface area contributed by atoms with Crippen molar-refractivity contribution in [3.8, 4) is 0 Å². The fourth-order valence-electron chi connectivity index (χ4n) is 0.932. The zero-order valence-electron chi connectivity index (χ0n) is 8.36. The molecule has 0 rings (SSSR count). The summed E-state index contributed by atoms with van der Waals surface area (Å²) in [7, 11) is -3.07. The summed E-state index contributed by atoms with van der Waals surface area (Å²) in [4.78, 5) is 10.8. The molecule has 0 aliphatic heterocycles. The minimum Gasteiger partial charge on any atom is -0.466 e. The maximum absolute atomic E-state index is 11.1. The van der Waals surface area contributed by atoms with E-state index < -0.39 is 9.84 Å². The van der Waals surface area contributed by atoms with E-state index in [1.807, 2.05) is 0 Å². The summed E-state index contributed by atoms with van der Waals surface area (Å²) in [5.74, 6) is -0.366. The Morgan fingerprint density at radius 1 is 1.50 bits per heavy atom. The third-order valence-electron chi connectivity index (χ3n) is 1.51. The number of ether oxygens (including phenoxy) is 1. The predicted molar refractivity (Wildman–Crippen MR) is 54.7 cm³/mol. The molecule has 0 bridgehead atoms. The van der Waals surface area contributed by atoms with E-state index >= 15 is 0 Å². The third kappa shape index (κ3) is 6.65. The fraction of sp³-hybridized carbons (Fsp3) is 0.667. The summed E-state index contributed by atoms with van der Waals surface area (Å²) in [6.45, 7) is 5.39. The van der Waals surface area contributed by atoms with E-state index in [0.29, 0.717) is 13.0 Å². The summed E-state index contributed by atoms with van der Waals surface area (Å²) in [5.41, 5.74) is 0. The van der Waals surface area contributed by atoms with Gasteiger partial charge in [-0.1, -0.05) is 6.08 Å². The van der Waals surface area contributed by atoms with Gasteiger partial charge in [0.15, 0.2) is 9.84 Å². The number of rotatable bonds is 7. The average Bonchev–Trinajstić information content (AvgIpc) is 2.03. The van der Waals surface area contributed by atoms with Gasteiger partial charge >= 0.3 is 5.97 Å². The molecule has 14 heavy (non-hydrogen) atoms. The number of carbonyl (C=O) groups is 1.